The van der Waals surface area contributed by atoms with E-state index in [0.717, 1.165) is 44.1 Å². The standard InChI is InChI=1S/C18H23N3O2S/c1-13(2)17(22)20-18-19-16(14-6-4-3-5-7-14)15(24-18)12-21-8-10-23-11-9-21/h3-7,13H,8-12H2,1-2H3,(H,19,20,22). The summed E-state index contributed by atoms with van der Waals surface area (Å²) < 4.78 is 5.43. The predicted molar refractivity (Wildman–Crippen MR) is 97.1 cm³/mol. The van der Waals surface area contributed by atoms with E-state index in [-0.39, 0.29) is 11.8 Å². The minimum Gasteiger partial charge on any atom is -0.379 e. The number of anilines is 1. The Hall–Kier alpha value is -1.76. The average Bonchev–Trinajstić information content (AvgIpc) is 2.98. The Bertz CT molecular complexity index is 679. The minimum atomic E-state index is -0.0585. The van der Waals surface area contributed by atoms with Gasteiger partial charge < -0.3 is 10.1 Å². The molecule has 1 amide bonds. The number of nitrogens with one attached hydrogen (secondary N) is 1. The topological polar surface area (TPSA) is 54.5 Å². The number of benzene rings is 1. The fraction of sp³-hybridized carbons (Fsp3) is 0.444. The van der Waals surface area contributed by atoms with Crippen LogP contribution in [0.3, 0.4) is 0 Å². The first-order chi connectivity index (χ1) is 11.6. The van der Waals surface area contributed by atoms with Gasteiger partial charge in [0.1, 0.15) is 0 Å². The van der Waals surface area contributed by atoms with Crippen LogP contribution < -0.4 is 5.32 Å². The van der Waals surface area contributed by atoms with Gasteiger partial charge in [0.2, 0.25) is 5.91 Å². The van der Waals surface area contributed by atoms with Crippen molar-refractivity contribution in [3.63, 3.8) is 0 Å². The Balaban J connectivity index is 1.86. The van der Waals surface area contributed by atoms with E-state index in [1.165, 1.54) is 4.88 Å². The lowest BCUT2D eigenvalue weighted by molar-refractivity contribution is -0.118. The lowest BCUT2D eigenvalue weighted by atomic mass is 10.1. The van der Waals surface area contributed by atoms with Crippen LogP contribution >= 0.6 is 11.3 Å². The number of amides is 1. The molecule has 3 rings (SSSR count). The van der Waals surface area contributed by atoms with Crippen molar-refractivity contribution in [2.75, 3.05) is 31.6 Å². The highest BCUT2D eigenvalue weighted by Gasteiger charge is 2.19. The molecule has 128 valence electrons. The maximum absolute atomic E-state index is 12.0. The summed E-state index contributed by atoms with van der Waals surface area (Å²) in [5.41, 5.74) is 2.05. The number of ether oxygens (including phenoxy) is 1. The predicted octanol–water partition coefficient (Wildman–Crippen LogP) is 3.24. The van der Waals surface area contributed by atoms with E-state index < -0.39 is 0 Å². The Morgan fingerprint density at radius 3 is 2.67 bits per heavy atom. The summed E-state index contributed by atoms with van der Waals surface area (Å²) in [5, 5.41) is 3.61. The van der Waals surface area contributed by atoms with Gasteiger partial charge in [-0.1, -0.05) is 55.5 Å². The first kappa shape index (κ1) is 17.1. The molecule has 1 saturated heterocycles. The molecule has 0 radical (unpaired) electrons. The maximum atomic E-state index is 12.0. The van der Waals surface area contributed by atoms with E-state index in [2.05, 4.69) is 22.3 Å². The normalized spacial score (nSPS) is 15.6. The molecular weight excluding hydrogens is 322 g/mol. The lowest BCUT2D eigenvalue weighted by Gasteiger charge is -2.26. The van der Waals surface area contributed by atoms with E-state index in [0.29, 0.717) is 5.13 Å². The second kappa shape index (κ2) is 7.88. The van der Waals surface area contributed by atoms with Gasteiger partial charge in [-0.15, -0.1) is 0 Å². The summed E-state index contributed by atoms with van der Waals surface area (Å²) in [6.45, 7) is 8.01. The Morgan fingerprint density at radius 2 is 2.00 bits per heavy atom. The van der Waals surface area contributed by atoms with Crippen LogP contribution in [-0.2, 0) is 16.1 Å². The molecular formula is C18H23N3O2S. The highest BCUT2D eigenvalue weighted by molar-refractivity contribution is 7.16. The number of morpholine rings is 1. The third-order valence-electron chi connectivity index (χ3n) is 3.97. The van der Waals surface area contributed by atoms with Crippen LogP contribution in [0.25, 0.3) is 11.3 Å². The van der Waals surface area contributed by atoms with E-state index in [1.54, 1.807) is 11.3 Å². The number of hydrogen-bond acceptors (Lipinski definition) is 5. The van der Waals surface area contributed by atoms with Crippen molar-refractivity contribution in [2.45, 2.75) is 20.4 Å². The number of thiazole rings is 1. The van der Waals surface area contributed by atoms with Gasteiger partial charge in [-0.25, -0.2) is 4.98 Å². The SMILES string of the molecule is CC(C)C(=O)Nc1nc(-c2ccccc2)c(CN2CCOCC2)s1. The van der Waals surface area contributed by atoms with Crippen LogP contribution in [0.1, 0.15) is 18.7 Å². The zero-order valence-electron chi connectivity index (χ0n) is 14.1. The van der Waals surface area contributed by atoms with Crippen molar-refractivity contribution in [1.82, 2.24) is 9.88 Å². The van der Waals surface area contributed by atoms with Crippen LogP contribution in [0.15, 0.2) is 30.3 Å². The fourth-order valence-electron chi connectivity index (χ4n) is 2.55. The first-order valence-corrected chi connectivity index (χ1v) is 9.11. The molecule has 1 aromatic heterocycles. The zero-order chi connectivity index (χ0) is 16.9. The smallest absolute Gasteiger partial charge is 0.228 e. The molecule has 0 unspecified atom stereocenters. The van der Waals surface area contributed by atoms with Gasteiger partial charge in [0.25, 0.3) is 0 Å². The van der Waals surface area contributed by atoms with Crippen LogP contribution in [0, 0.1) is 5.92 Å². The van der Waals surface area contributed by atoms with Gasteiger partial charge >= 0.3 is 0 Å². The summed E-state index contributed by atoms with van der Waals surface area (Å²) in [6, 6.07) is 10.1. The molecule has 5 nitrogen and oxygen atoms in total. The molecule has 2 heterocycles. The number of nitrogens with zero attached hydrogens (tertiary/aromatic N) is 2. The van der Waals surface area contributed by atoms with Crippen molar-refractivity contribution in [3.8, 4) is 11.3 Å². The van der Waals surface area contributed by atoms with Crippen LogP contribution in [0.2, 0.25) is 0 Å². The Morgan fingerprint density at radius 1 is 1.29 bits per heavy atom. The maximum Gasteiger partial charge on any atom is 0.228 e. The van der Waals surface area contributed by atoms with Gasteiger partial charge in [0.15, 0.2) is 5.13 Å². The molecule has 1 fully saturated rings. The van der Waals surface area contributed by atoms with Crippen molar-refractivity contribution < 1.29 is 9.53 Å². The number of carbonyl (C=O) groups excluding carboxylic acids is 1. The molecule has 1 N–H and O–H groups in total. The molecule has 6 heteroatoms. The second-order valence-electron chi connectivity index (χ2n) is 6.19. The third kappa shape index (κ3) is 4.20. The van der Waals surface area contributed by atoms with Crippen molar-refractivity contribution in [2.24, 2.45) is 5.92 Å². The second-order valence-corrected chi connectivity index (χ2v) is 7.27. The number of carbonyl (C=O) groups is 1. The number of aromatic nitrogens is 1. The quantitative estimate of drug-likeness (QED) is 0.904. The van der Waals surface area contributed by atoms with Crippen molar-refractivity contribution in [1.29, 1.82) is 0 Å². The lowest BCUT2D eigenvalue weighted by Crippen LogP contribution is -2.35. The van der Waals surface area contributed by atoms with Gasteiger partial charge in [-0.3, -0.25) is 9.69 Å². The summed E-state index contributed by atoms with van der Waals surface area (Å²) in [4.78, 5) is 20.2. The summed E-state index contributed by atoms with van der Waals surface area (Å²) in [5.74, 6) is -0.0574. The highest BCUT2D eigenvalue weighted by Crippen LogP contribution is 2.32. The van der Waals surface area contributed by atoms with Gasteiger partial charge in [-0.05, 0) is 0 Å². The molecule has 0 aliphatic carbocycles. The first-order valence-electron chi connectivity index (χ1n) is 8.29. The van der Waals surface area contributed by atoms with E-state index in [1.807, 2.05) is 32.0 Å². The molecule has 0 bridgehead atoms. The monoisotopic (exact) mass is 345 g/mol. The van der Waals surface area contributed by atoms with Crippen molar-refractivity contribution >= 4 is 22.4 Å². The Labute approximate surface area is 146 Å². The van der Waals surface area contributed by atoms with Crippen LogP contribution in [0.5, 0.6) is 0 Å². The molecule has 0 saturated carbocycles. The molecule has 1 aromatic carbocycles. The van der Waals surface area contributed by atoms with Gasteiger partial charge in [0, 0.05) is 36.0 Å². The largest absolute Gasteiger partial charge is 0.379 e. The summed E-state index contributed by atoms with van der Waals surface area (Å²) in [6.07, 6.45) is 0. The highest BCUT2D eigenvalue weighted by atomic mass is 32.1. The Kier molecular flexibility index (Phi) is 5.60. The molecule has 0 spiro atoms. The summed E-state index contributed by atoms with van der Waals surface area (Å²) >= 11 is 1.57. The molecule has 24 heavy (non-hydrogen) atoms. The minimum absolute atomic E-state index is 0.00119. The zero-order valence-corrected chi connectivity index (χ0v) is 14.9. The van der Waals surface area contributed by atoms with E-state index >= 15 is 0 Å². The molecule has 1 aliphatic rings. The van der Waals surface area contributed by atoms with E-state index in [9.17, 15) is 4.79 Å². The summed E-state index contributed by atoms with van der Waals surface area (Å²) in [7, 11) is 0. The average molecular weight is 345 g/mol. The number of rotatable bonds is 5. The number of hydrogen-bond donors (Lipinski definition) is 1. The molecule has 1 aliphatic heterocycles. The third-order valence-corrected chi connectivity index (χ3v) is 4.93. The van der Waals surface area contributed by atoms with Gasteiger partial charge in [-0.2, -0.15) is 0 Å². The fourth-order valence-corrected chi connectivity index (χ4v) is 3.58. The van der Waals surface area contributed by atoms with Crippen LogP contribution in [-0.4, -0.2) is 42.1 Å². The van der Waals surface area contributed by atoms with Gasteiger partial charge in [0.05, 0.1) is 18.9 Å². The van der Waals surface area contributed by atoms with E-state index in [4.69, 9.17) is 9.72 Å². The van der Waals surface area contributed by atoms with Crippen LogP contribution in [0.4, 0.5) is 5.13 Å². The molecule has 0 atom stereocenters. The van der Waals surface area contributed by atoms with Crippen molar-refractivity contribution in [3.05, 3.63) is 35.2 Å². The molecule has 2 aromatic rings.